The molecule has 1 atom stereocenters. The first-order valence-electron chi connectivity index (χ1n) is 8.53. The van der Waals surface area contributed by atoms with Crippen LogP contribution in [-0.4, -0.2) is 75.5 Å². The summed E-state index contributed by atoms with van der Waals surface area (Å²) in [5.74, 6) is 2.17. The predicted octanol–water partition coefficient (Wildman–Crippen LogP) is 1.94. The Morgan fingerprint density at radius 2 is 1.93 bits per heavy atom. The normalized spacial score (nSPS) is 17.4. The van der Waals surface area contributed by atoms with Gasteiger partial charge in [-0.3, -0.25) is 4.90 Å². The van der Waals surface area contributed by atoms with Crippen molar-refractivity contribution in [2.45, 2.75) is 32.6 Å². The summed E-state index contributed by atoms with van der Waals surface area (Å²) >= 11 is 0. The van der Waals surface area contributed by atoms with Crippen molar-refractivity contribution in [2.75, 3.05) is 32.7 Å². The van der Waals surface area contributed by atoms with Crippen LogP contribution in [-0.2, 0) is 13.6 Å². The van der Waals surface area contributed by atoms with Gasteiger partial charge in [0.25, 0.3) is 0 Å². The first-order chi connectivity index (χ1) is 12.2. The number of guanidine groups is 1. The maximum atomic E-state index is 12.9. The summed E-state index contributed by atoms with van der Waals surface area (Å²) in [5.41, 5.74) is 0. The summed E-state index contributed by atoms with van der Waals surface area (Å²) in [6.07, 6.45) is -2.49. The molecule has 1 aliphatic rings. The van der Waals surface area contributed by atoms with Crippen molar-refractivity contribution in [1.82, 2.24) is 29.9 Å². The van der Waals surface area contributed by atoms with Crippen molar-refractivity contribution in [2.24, 2.45) is 12.0 Å². The van der Waals surface area contributed by atoms with Crippen LogP contribution >= 0.6 is 24.0 Å². The zero-order valence-corrected chi connectivity index (χ0v) is 18.2. The summed E-state index contributed by atoms with van der Waals surface area (Å²) in [7, 11) is 1.87. The van der Waals surface area contributed by atoms with Gasteiger partial charge in [-0.15, -0.1) is 40.8 Å². The molecule has 11 heteroatoms. The van der Waals surface area contributed by atoms with Gasteiger partial charge in [0.05, 0.1) is 0 Å². The first kappa shape index (κ1) is 23.7. The molecule has 1 fully saturated rings. The Hall–Kier alpha value is -1.37. The Balaban J connectivity index is 0.00000364. The van der Waals surface area contributed by atoms with Crippen LogP contribution < -0.4 is 5.32 Å². The summed E-state index contributed by atoms with van der Waals surface area (Å²) in [6, 6.07) is -1.44. The molecule has 154 valence electrons. The fourth-order valence-corrected chi connectivity index (χ4v) is 2.69. The predicted molar refractivity (Wildman–Crippen MR) is 109 cm³/mol. The molecular formula is C16H27F3IN7. The maximum absolute atomic E-state index is 12.9. The van der Waals surface area contributed by atoms with Crippen molar-refractivity contribution >= 4 is 29.9 Å². The second kappa shape index (κ2) is 10.2. The lowest BCUT2D eigenvalue weighted by atomic mass is 10.2. The van der Waals surface area contributed by atoms with E-state index in [9.17, 15) is 13.2 Å². The number of piperazine rings is 1. The Labute approximate surface area is 174 Å². The molecule has 0 spiro atoms. The average molecular weight is 501 g/mol. The standard InChI is InChI=1S/C16H26F3N7.HI/c1-5-6-20-15(21-11-14-23-22-13(3)24(14)4)26-9-7-25(8-10-26)12(2)16(17,18)19;/h5,12H,1,6-11H2,2-4H3,(H,20,21);1H. The van der Waals surface area contributed by atoms with Crippen molar-refractivity contribution in [3.63, 3.8) is 0 Å². The van der Waals surface area contributed by atoms with Crippen molar-refractivity contribution in [3.8, 4) is 0 Å². The number of alkyl halides is 3. The Bertz CT molecular complexity index is 636. The lowest BCUT2D eigenvalue weighted by Gasteiger charge is -2.39. The third-order valence-electron chi connectivity index (χ3n) is 4.59. The number of hydrogen-bond donors (Lipinski definition) is 1. The van der Waals surface area contributed by atoms with E-state index in [0.29, 0.717) is 45.2 Å². The van der Waals surface area contributed by atoms with Gasteiger partial charge in [0, 0.05) is 39.8 Å². The second-order valence-electron chi connectivity index (χ2n) is 6.27. The van der Waals surface area contributed by atoms with E-state index in [2.05, 4.69) is 27.1 Å². The van der Waals surface area contributed by atoms with Crippen LogP contribution in [0, 0.1) is 6.92 Å². The van der Waals surface area contributed by atoms with Gasteiger partial charge in [-0.25, -0.2) is 4.99 Å². The minimum Gasteiger partial charge on any atom is -0.353 e. The molecule has 2 heterocycles. The van der Waals surface area contributed by atoms with E-state index in [-0.39, 0.29) is 24.0 Å². The molecule has 1 saturated heterocycles. The van der Waals surface area contributed by atoms with E-state index in [4.69, 9.17) is 0 Å². The van der Waals surface area contributed by atoms with Crippen molar-refractivity contribution in [1.29, 1.82) is 0 Å². The maximum Gasteiger partial charge on any atom is 0.403 e. The summed E-state index contributed by atoms with van der Waals surface area (Å²) in [4.78, 5) is 7.98. The smallest absolute Gasteiger partial charge is 0.353 e. The van der Waals surface area contributed by atoms with E-state index >= 15 is 0 Å². The molecule has 0 radical (unpaired) electrons. The van der Waals surface area contributed by atoms with Crippen LogP contribution in [0.25, 0.3) is 0 Å². The Morgan fingerprint density at radius 1 is 1.30 bits per heavy atom. The van der Waals surface area contributed by atoms with E-state index in [1.165, 1.54) is 11.8 Å². The number of halogens is 4. The number of aromatic nitrogens is 3. The van der Waals surface area contributed by atoms with Gasteiger partial charge in [0.2, 0.25) is 0 Å². The van der Waals surface area contributed by atoms with Crippen molar-refractivity contribution in [3.05, 3.63) is 24.3 Å². The van der Waals surface area contributed by atoms with Crippen LogP contribution in [0.15, 0.2) is 17.6 Å². The zero-order chi connectivity index (χ0) is 19.3. The van der Waals surface area contributed by atoms with Crippen molar-refractivity contribution < 1.29 is 13.2 Å². The van der Waals surface area contributed by atoms with E-state index < -0.39 is 12.2 Å². The monoisotopic (exact) mass is 501 g/mol. The van der Waals surface area contributed by atoms with Crippen LogP contribution in [0.3, 0.4) is 0 Å². The number of aliphatic imine (C=N–C) groups is 1. The molecular weight excluding hydrogens is 474 g/mol. The van der Waals surface area contributed by atoms with E-state index in [1.54, 1.807) is 6.08 Å². The number of aryl methyl sites for hydroxylation is 1. The van der Waals surface area contributed by atoms with Crippen LogP contribution in [0.1, 0.15) is 18.6 Å². The lowest BCUT2D eigenvalue weighted by Crippen LogP contribution is -2.56. The van der Waals surface area contributed by atoms with Gasteiger partial charge in [0.15, 0.2) is 11.8 Å². The van der Waals surface area contributed by atoms with Gasteiger partial charge in [-0.2, -0.15) is 13.2 Å². The lowest BCUT2D eigenvalue weighted by molar-refractivity contribution is -0.181. The van der Waals surface area contributed by atoms with Crippen LogP contribution in [0.4, 0.5) is 13.2 Å². The summed E-state index contributed by atoms with van der Waals surface area (Å²) in [5, 5.41) is 11.3. The van der Waals surface area contributed by atoms with E-state index in [1.807, 2.05) is 23.4 Å². The molecule has 1 unspecified atom stereocenters. The van der Waals surface area contributed by atoms with Gasteiger partial charge < -0.3 is 14.8 Å². The fourth-order valence-electron chi connectivity index (χ4n) is 2.69. The molecule has 1 N–H and O–H groups in total. The molecule has 2 rings (SSSR count). The minimum absolute atomic E-state index is 0. The topological polar surface area (TPSA) is 61.6 Å². The minimum atomic E-state index is -4.21. The van der Waals surface area contributed by atoms with Gasteiger partial charge in [-0.05, 0) is 13.8 Å². The van der Waals surface area contributed by atoms with Gasteiger partial charge >= 0.3 is 6.18 Å². The number of hydrogen-bond acceptors (Lipinski definition) is 4. The number of nitrogens with one attached hydrogen (secondary N) is 1. The highest BCUT2D eigenvalue weighted by Crippen LogP contribution is 2.25. The molecule has 1 aliphatic heterocycles. The first-order valence-corrected chi connectivity index (χ1v) is 8.53. The Morgan fingerprint density at radius 3 is 2.41 bits per heavy atom. The summed E-state index contributed by atoms with van der Waals surface area (Å²) < 4.78 is 40.5. The number of nitrogens with zero attached hydrogens (tertiary/aromatic N) is 6. The molecule has 0 saturated carbocycles. The zero-order valence-electron chi connectivity index (χ0n) is 15.8. The highest BCUT2D eigenvalue weighted by atomic mass is 127. The quantitative estimate of drug-likeness (QED) is 0.289. The molecule has 7 nitrogen and oxygen atoms in total. The summed E-state index contributed by atoms with van der Waals surface area (Å²) in [6.45, 7) is 9.22. The highest BCUT2D eigenvalue weighted by molar-refractivity contribution is 14.0. The highest BCUT2D eigenvalue weighted by Gasteiger charge is 2.41. The molecule has 27 heavy (non-hydrogen) atoms. The average Bonchev–Trinajstić information content (AvgIpc) is 2.92. The third-order valence-corrected chi connectivity index (χ3v) is 4.59. The van der Waals surface area contributed by atoms with E-state index in [0.717, 1.165) is 11.6 Å². The third kappa shape index (κ3) is 6.33. The largest absolute Gasteiger partial charge is 0.403 e. The molecule has 0 aliphatic carbocycles. The molecule has 0 amide bonds. The number of rotatable bonds is 5. The molecule has 1 aromatic heterocycles. The fraction of sp³-hybridized carbons (Fsp3) is 0.688. The molecule has 0 bridgehead atoms. The molecule has 0 aromatic carbocycles. The SMILES string of the molecule is C=CCNC(=NCc1nnc(C)n1C)N1CCN(C(C)C(F)(F)F)CC1.I. The van der Waals surface area contributed by atoms with Crippen LogP contribution in [0.2, 0.25) is 0 Å². The second-order valence-corrected chi connectivity index (χ2v) is 6.27. The Kier molecular flexibility index (Phi) is 8.99. The van der Waals surface area contributed by atoms with Gasteiger partial charge in [-0.1, -0.05) is 6.08 Å². The molecule has 1 aromatic rings. The van der Waals surface area contributed by atoms with Gasteiger partial charge in [0.1, 0.15) is 18.4 Å². The van der Waals surface area contributed by atoms with Crippen LogP contribution in [0.5, 0.6) is 0 Å².